The fourth-order valence-electron chi connectivity index (χ4n) is 0.757. The lowest BCUT2D eigenvalue weighted by Crippen LogP contribution is -1.92. The topological polar surface area (TPSA) is 40.1 Å². The number of carbonyl (C=O) groups excluding carboxylic acids is 1. The summed E-state index contributed by atoms with van der Waals surface area (Å²) in [6.45, 7) is 0. The van der Waals surface area contributed by atoms with Gasteiger partial charge in [-0.05, 0) is 17.2 Å². The first kappa shape index (κ1) is 8.14. The van der Waals surface area contributed by atoms with E-state index in [-0.39, 0.29) is 5.75 Å². The number of hydrogen-bond acceptors (Lipinski definition) is 3. The molecule has 0 aromatic heterocycles. The van der Waals surface area contributed by atoms with Crippen LogP contribution in [0, 0.1) is 0 Å². The molecule has 0 spiro atoms. The van der Waals surface area contributed by atoms with E-state index in [1.165, 1.54) is 23.9 Å². The lowest BCUT2D eigenvalue weighted by atomic mass is 10.2. The third-order valence-electron chi connectivity index (χ3n) is 1.32. The van der Waals surface area contributed by atoms with Crippen LogP contribution in [0.1, 0.15) is 10.4 Å². The summed E-state index contributed by atoms with van der Waals surface area (Å²) >= 11 is 1.35. The first-order valence-corrected chi connectivity index (χ1v) is 4.30. The molecule has 2 nitrogen and oxygen atoms in total. The Morgan fingerprint density at radius 3 is 2.82 bits per heavy atom. The van der Waals surface area contributed by atoms with Gasteiger partial charge in [-0.3, -0.25) is 4.79 Å². The maximum absolute atomic E-state index is 11.0. The van der Waals surface area contributed by atoms with E-state index in [9.17, 15) is 9.90 Å². The molecule has 0 amide bonds. The standard InChI is InChI=1S/C8H8O2S/c1-11-8-4-6(5-9)2-3-7(8)10/h2-5,10H,1H3/p-1. The summed E-state index contributed by atoms with van der Waals surface area (Å²) in [7, 11) is 0. The first-order valence-electron chi connectivity index (χ1n) is 3.08. The van der Waals surface area contributed by atoms with Gasteiger partial charge in [0.2, 0.25) is 0 Å². The van der Waals surface area contributed by atoms with E-state index in [1.54, 1.807) is 6.07 Å². The van der Waals surface area contributed by atoms with Crippen molar-refractivity contribution in [1.29, 1.82) is 0 Å². The van der Waals surface area contributed by atoms with E-state index in [0.717, 1.165) is 6.29 Å². The van der Waals surface area contributed by atoms with Crippen molar-refractivity contribution in [3.63, 3.8) is 0 Å². The minimum Gasteiger partial charge on any atom is -0.872 e. The minimum absolute atomic E-state index is 0.0249. The van der Waals surface area contributed by atoms with Crippen molar-refractivity contribution in [3.05, 3.63) is 23.8 Å². The molecule has 0 radical (unpaired) electrons. The number of aldehydes is 1. The van der Waals surface area contributed by atoms with Crippen LogP contribution in [0.4, 0.5) is 0 Å². The van der Waals surface area contributed by atoms with Gasteiger partial charge in [0, 0.05) is 5.56 Å². The van der Waals surface area contributed by atoms with Crippen LogP contribution < -0.4 is 5.11 Å². The average molecular weight is 167 g/mol. The summed E-state index contributed by atoms with van der Waals surface area (Å²) < 4.78 is 0. The smallest absolute Gasteiger partial charge is 0.150 e. The van der Waals surface area contributed by atoms with Crippen molar-refractivity contribution in [1.82, 2.24) is 0 Å². The van der Waals surface area contributed by atoms with Crippen molar-refractivity contribution in [2.45, 2.75) is 4.90 Å². The zero-order valence-electron chi connectivity index (χ0n) is 6.03. The third-order valence-corrected chi connectivity index (χ3v) is 2.08. The van der Waals surface area contributed by atoms with E-state index in [2.05, 4.69) is 0 Å². The highest BCUT2D eigenvalue weighted by Crippen LogP contribution is 2.24. The Morgan fingerprint density at radius 2 is 2.27 bits per heavy atom. The maximum atomic E-state index is 11.0. The lowest BCUT2D eigenvalue weighted by Gasteiger charge is -2.10. The van der Waals surface area contributed by atoms with Gasteiger partial charge in [0.15, 0.2) is 0 Å². The molecule has 0 fully saturated rings. The summed E-state index contributed by atoms with van der Waals surface area (Å²) in [5, 5.41) is 11.0. The lowest BCUT2D eigenvalue weighted by molar-refractivity contribution is -0.272. The Labute approximate surface area is 69.2 Å². The van der Waals surface area contributed by atoms with E-state index in [4.69, 9.17) is 0 Å². The highest BCUT2D eigenvalue weighted by molar-refractivity contribution is 7.98. The van der Waals surface area contributed by atoms with Crippen LogP contribution in [0.3, 0.4) is 0 Å². The highest BCUT2D eigenvalue weighted by atomic mass is 32.2. The molecular weight excluding hydrogens is 160 g/mol. The van der Waals surface area contributed by atoms with Crippen LogP contribution in [0.2, 0.25) is 0 Å². The molecule has 0 bridgehead atoms. The van der Waals surface area contributed by atoms with Crippen LogP contribution in [0.5, 0.6) is 5.75 Å². The van der Waals surface area contributed by atoms with Crippen LogP contribution in [0.25, 0.3) is 0 Å². The molecule has 0 aliphatic carbocycles. The van der Waals surface area contributed by atoms with Gasteiger partial charge in [-0.15, -0.1) is 11.8 Å². The van der Waals surface area contributed by atoms with Gasteiger partial charge in [0.1, 0.15) is 6.29 Å². The number of thioether (sulfide) groups is 1. The molecular formula is C8H7O2S-. The summed E-state index contributed by atoms with van der Waals surface area (Å²) in [6.07, 6.45) is 2.55. The molecule has 0 aliphatic heterocycles. The SMILES string of the molecule is CSc1cc(C=O)ccc1[O-]. The fourth-order valence-corrected chi connectivity index (χ4v) is 1.28. The normalized spacial score (nSPS) is 9.55. The van der Waals surface area contributed by atoms with Gasteiger partial charge in [-0.1, -0.05) is 17.9 Å². The number of hydrogen-bond donors (Lipinski definition) is 0. The Kier molecular flexibility index (Phi) is 2.54. The van der Waals surface area contributed by atoms with Crippen LogP contribution in [-0.2, 0) is 0 Å². The second-order valence-corrected chi connectivity index (χ2v) is 2.88. The summed E-state index contributed by atoms with van der Waals surface area (Å²) in [5.41, 5.74) is 0.550. The quantitative estimate of drug-likeness (QED) is 0.492. The Hall–Kier alpha value is -0.960. The second kappa shape index (κ2) is 3.44. The van der Waals surface area contributed by atoms with E-state index >= 15 is 0 Å². The van der Waals surface area contributed by atoms with Gasteiger partial charge in [-0.2, -0.15) is 0 Å². The van der Waals surface area contributed by atoms with E-state index < -0.39 is 0 Å². The molecule has 1 aromatic carbocycles. The molecule has 0 atom stereocenters. The van der Waals surface area contributed by atoms with Gasteiger partial charge < -0.3 is 5.11 Å². The monoisotopic (exact) mass is 167 g/mol. The van der Waals surface area contributed by atoms with E-state index in [0.29, 0.717) is 10.5 Å². The molecule has 11 heavy (non-hydrogen) atoms. The van der Waals surface area contributed by atoms with Crippen LogP contribution >= 0.6 is 11.8 Å². The fraction of sp³-hybridized carbons (Fsp3) is 0.125. The third kappa shape index (κ3) is 1.74. The van der Waals surface area contributed by atoms with Crippen LogP contribution in [-0.4, -0.2) is 12.5 Å². The Bertz CT molecular complexity index is 271. The summed E-state index contributed by atoms with van der Waals surface area (Å²) in [6, 6.07) is 4.53. The van der Waals surface area contributed by atoms with Gasteiger partial charge in [0.25, 0.3) is 0 Å². The molecule has 0 unspecified atom stereocenters. The number of rotatable bonds is 2. The molecule has 1 rings (SSSR count). The molecule has 0 saturated carbocycles. The molecule has 0 N–H and O–H groups in total. The van der Waals surface area contributed by atoms with Crippen molar-refractivity contribution in [2.75, 3.05) is 6.26 Å². The van der Waals surface area contributed by atoms with Crippen LogP contribution in [0.15, 0.2) is 23.1 Å². The molecule has 1 aromatic rings. The predicted molar refractivity (Wildman–Crippen MR) is 43.1 cm³/mol. The molecule has 0 heterocycles. The predicted octanol–water partition coefficient (Wildman–Crippen LogP) is 1.29. The minimum atomic E-state index is -0.0249. The molecule has 0 saturated heterocycles. The highest BCUT2D eigenvalue weighted by Gasteiger charge is 1.93. The molecule has 58 valence electrons. The zero-order chi connectivity index (χ0) is 8.27. The van der Waals surface area contributed by atoms with Crippen molar-refractivity contribution >= 4 is 18.0 Å². The van der Waals surface area contributed by atoms with E-state index in [1.807, 2.05) is 6.26 Å². The second-order valence-electron chi connectivity index (χ2n) is 2.03. The maximum Gasteiger partial charge on any atom is 0.150 e. The van der Waals surface area contributed by atoms with Gasteiger partial charge >= 0.3 is 0 Å². The van der Waals surface area contributed by atoms with Crippen molar-refractivity contribution in [3.8, 4) is 5.75 Å². The molecule has 3 heteroatoms. The first-order chi connectivity index (χ1) is 5.27. The Balaban J connectivity index is 3.12. The van der Waals surface area contributed by atoms with Gasteiger partial charge in [-0.25, -0.2) is 0 Å². The summed E-state index contributed by atoms with van der Waals surface area (Å²) in [4.78, 5) is 10.9. The van der Waals surface area contributed by atoms with Crippen molar-refractivity contribution < 1.29 is 9.90 Å². The van der Waals surface area contributed by atoms with Gasteiger partial charge in [0.05, 0.1) is 0 Å². The molecule has 0 aliphatic rings. The largest absolute Gasteiger partial charge is 0.872 e. The summed E-state index contributed by atoms with van der Waals surface area (Å²) in [5.74, 6) is -0.0249. The average Bonchev–Trinajstić information content (AvgIpc) is 2.05. The zero-order valence-corrected chi connectivity index (χ0v) is 6.85. The number of carbonyl (C=O) groups is 1. The Morgan fingerprint density at radius 1 is 1.55 bits per heavy atom. The number of benzene rings is 1. The van der Waals surface area contributed by atoms with Crippen molar-refractivity contribution in [2.24, 2.45) is 0 Å².